The molecule has 4 rings (SSSR count). The first-order valence-corrected chi connectivity index (χ1v) is 13.5. The summed E-state index contributed by atoms with van der Waals surface area (Å²) in [4.78, 5) is 41.7. The average molecular weight is 575 g/mol. The lowest BCUT2D eigenvalue weighted by atomic mass is 9.89. The summed E-state index contributed by atoms with van der Waals surface area (Å²) in [5.41, 5.74) is 0.686. The fourth-order valence-corrected chi connectivity index (χ4v) is 4.45. The molecule has 1 aliphatic heterocycles. The summed E-state index contributed by atoms with van der Waals surface area (Å²) in [7, 11) is 1.38. The number of nitrogens with zero attached hydrogens (tertiary/aromatic N) is 1. The van der Waals surface area contributed by atoms with Crippen molar-refractivity contribution in [1.29, 1.82) is 0 Å². The summed E-state index contributed by atoms with van der Waals surface area (Å²) in [5.74, 6) is -2.00. The van der Waals surface area contributed by atoms with E-state index < -0.39 is 36.8 Å². The van der Waals surface area contributed by atoms with Crippen molar-refractivity contribution in [2.75, 3.05) is 33.7 Å². The lowest BCUT2D eigenvalue weighted by Crippen LogP contribution is -2.46. The van der Waals surface area contributed by atoms with Gasteiger partial charge < -0.3 is 33.7 Å². The highest BCUT2D eigenvalue weighted by atomic mass is 19.1. The highest BCUT2D eigenvalue weighted by Crippen LogP contribution is 2.32. The molecule has 222 valence electrons. The van der Waals surface area contributed by atoms with Gasteiger partial charge in [0.15, 0.2) is 23.2 Å². The third-order valence-corrected chi connectivity index (χ3v) is 6.94. The van der Waals surface area contributed by atoms with Crippen molar-refractivity contribution >= 4 is 17.8 Å². The largest absolute Gasteiger partial charge is 0.493 e. The van der Waals surface area contributed by atoms with Gasteiger partial charge in [0, 0.05) is 31.7 Å². The van der Waals surface area contributed by atoms with Crippen LogP contribution in [0.1, 0.15) is 42.7 Å². The summed E-state index contributed by atoms with van der Waals surface area (Å²) < 4.78 is 47.0. The average Bonchev–Trinajstić information content (AvgIpc) is 3.77. The maximum Gasteiger partial charge on any atom is 0.331 e. The van der Waals surface area contributed by atoms with Crippen LogP contribution in [-0.4, -0.2) is 74.8 Å². The second kappa shape index (κ2) is 14.2. The Balaban J connectivity index is 1.49. The van der Waals surface area contributed by atoms with Crippen LogP contribution in [0.4, 0.5) is 4.39 Å². The van der Waals surface area contributed by atoms with Crippen LogP contribution in [0.15, 0.2) is 36.5 Å². The lowest BCUT2D eigenvalue weighted by Gasteiger charge is -2.31. The highest BCUT2D eigenvalue weighted by Gasteiger charge is 2.37. The molecule has 2 aliphatic rings. The van der Waals surface area contributed by atoms with E-state index in [1.165, 1.54) is 38.4 Å². The molecule has 2 heterocycles. The van der Waals surface area contributed by atoms with Crippen molar-refractivity contribution in [1.82, 2.24) is 10.3 Å². The number of benzene rings is 1. The first-order chi connectivity index (χ1) is 19.7. The van der Waals surface area contributed by atoms with Crippen molar-refractivity contribution in [3.05, 3.63) is 53.6 Å². The summed E-state index contributed by atoms with van der Waals surface area (Å²) in [6.07, 6.45) is 3.05. The molecule has 41 heavy (non-hydrogen) atoms. The number of ether oxygens (including phenoxy) is 6. The fraction of sp³-hybridized carbons (Fsp3) is 0.517. The first kappa shape index (κ1) is 30.2. The van der Waals surface area contributed by atoms with Crippen LogP contribution in [0.3, 0.4) is 0 Å². The topological polar surface area (TPSA) is 132 Å². The van der Waals surface area contributed by atoms with Gasteiger partial charge in [0.2, 0.25) is 6.79 Å². The number of rotatable bonds is 11. The van der Waals surface area contributed by atoms with Crippen molar-refractivity contribution in [3.63, 3.8) is 0 Å². The van der Waals surface area contributed by atoms with Gasteiger partial charge in [-0.2, -0.15) is 0 Å². The third-order valence-electron chi connectivity index (χ3n) is 6.94. The molecule has 0 bridgehead atoms. The molecule has 0 unspecified atom stereocenters. The number of aromatic nitrogens is 1. The Labute approximate surface area is 237 Å². The van der Waals surface area contributed by atoms with E-state index in [9.17, 15) is 18.8 Å². The minimum Gasteiger partial charge on any atom is -0.493 e. The number of halogens is 1. The predicted octanol–water partition coefficient (Wildman–Crippen LogP) is 2.84. The van der Waals surface area contributed by atoms with Gasteiger partial charge in [-0.25, -0.2) is 14.2 Å². The zero-order chi connectivity index (χ0) is 29.4. The monoisotopic (exact) mass is 574 g/mol. The van der Waals surface area contributed by atoms with Gasteiger partial charge in [0.25, 0.3) is 5.91 Å². The van der Waals surface area contributed by atoms with E-state index in [1.807, 2.05) is 0 Å². The summed E-state index contributed by atoms with van der Waals surface area (Å²) >= 11 is 0. The highest BCUT2D eigenvalue weighted by molar-refractivity contribution is 5.98. The van der Waals surface area contributed by atoms with Gasteiger partial charge in [-0.05, 0) is 49.8 Å². The Morgan fingerprint density at radius 2 is 1.90 bits per heavy atom. The van der Waals surface area contributed by atoms with Crippen LogP contribution in [0.2, 0.25) is 0 Å². The molecule has 0 spiro atoms. The van der Waals surface area contributed by atoms with E-state index in [0.717, 1.165) is 18.4 Å². The van der Waals surface area contributed by atoms with Crippen LogP contribution >= 0.6 is 0 Å². The molecule has 11 nitrogen and oxygen atoms in total. The van der Waals surface area contributed by atoms with Crippen LogP contribution < -0.4 is 14.8 Å². The summed E-state index contributed by atoms with van der Waals surface area (Å²) in [5, 5.41) is 2.61. The number of esters is 2. The van der Waals surface area contributed by atoms with Gasteiger partial charge in [0.05, 0.1) is 26.4 Å². The molecular weight excluding hydrogens is 539 g/mol. The third kappa shape index (κ3) is 8.61. The number of cyclic esters (lactones) is 1. The quantitative estimate of drug-likeness (QED) is 0.316. The minimum atomic E-state index is -1.16. The number of carbonyl (C=O) groups is 3. The zero-order valence-corrected chi connectivity index (χ0v) is 23.3. The first-order valence-electron chi connectivity index (χ1n) is 13.5. The Hall–Kier alpha value is -3.77. The molecule has 1 N–H and O–H groups in total. The van der Waals surface area contributed by atoms with Gasteiger partial charge in [0.1, 0.15) is 11.9 Å². The van der Waals surface area contributed by atoms with Crippen LogP contribution in [0, 0.1) is 17.7 Å². The molecule has 4 atom stereocenters. The zero-order valence-electron chi connectivity index (χ0n) is 23.3. The molecule has 12 heteroatoms. The molecular formula is C29H35FN2O9. The van der Waals surface area contributed by atoms with E-state index in [0.29, 0.717) is 18.9 Å². The normalized spacial score (nSPS) is 22.9. The van der Waals surface area contributed by atoms with Crippen molar-refractivity contribution in [2.24, 2.45) is 11.8 Å². The molecule has 1 aromatic heterocycles. The van der Waals surface area contributed by atoms with Gasteiger partial charge >= 0.3 is 11.9 Å². The fourth-order valence-electron chi connectivity index (χ4n) is 4.45. The lowest BCUT2D eigenvalue weighted by molar-refractivity contribution is -0.155. The summed E-state index contributed by atoms with van der Waals surface area (Å²) in [6, 6.07) is 6.48. The molecule has 1 saturated carbocycles. The molecule has 1 aliphatic carbocycles. The van der Waals surface area contributed by atoms with Gasteiger partial charge in [-0.15, -0.1) is 0 Å². The predicted molar refractivity (Wildman–Crippen MR) is 142 cm³/mol. The maximum atomic E-state index is 13.5. The number of pyridine rings is 1. The number of hydrogen-bond acceptors (Lipinski definition) is 10. The van der Waals surface area contributed by atoms with Crippen LogP contribution in [0.5, 0.6) is 11.5 Å². The summed E-state index contributed by atoms with van der Waals surface area (Å²) in [6.45, 7) is 3.09. The smallest absolute Gasteiger partial charge is 0.331 e. The minimum absolute atomic E-state index is 0.0626. The van der Waals surface area contributed by atoms with E-state index in [-0.39, 0.29) is 48.2 Å². The Morgan fingerprint density at radius 1 is 1.15 bits per heavy atom. The molecule has 1 aromatic carbocycles. The van der Waals surface area contributed by atoms with E-state index in [2.05, 4.69) is 10.3 Å². The van der Waals surface area contributed by atoms with Gasteiger partial charge in [-0.3, -0.25) is 9.59 Å². The number of amides is 1. The Morgan fingerprint density at radius 3 is 2.59 bits per heavy atom. The number of carbonyl (C=O) groups excluding carboxylic acids is 3. The number of methoxy groups -OCH3 is 1. The second-order valence-corrected chi connectivity index (χ2v) is 10.1. The maximum absolute atomic E-state index is 13.5. The van der Waals surface area contributed by atoms with Crippen molar-refractivity contribution in [3.8, 4) is 11.5 Å². The van der Waals surface area contributed by atoms with Crippen LogP contribution in [0.25, 0.3) is 0 Å². The SMILES string of the molecule is COc1ccnc(C(=O)N[C@H]2COC[C@H](OCC3CC3)[C@@H](Cc3ccc(F)cc3)[C@H](C)OC2=O)c1OCOC(C)=O. The van der Waals surface area contributed by atoms with Crippen LogP contribution in [-0.2, 0) is 35.0 Å². The Bertz CT molecular complexity index is 1210. The number of hydrogen-bond donors (Lipinski definition) is 1. The van der Waals surface area contributed by atoms with E-state index >= 15 is 0 Å². The van der Waals surface area contributed by atoms with E-state index in [4.69, 9.17) is 28.4 Å². The Kier molecular flexibility index (Phi) is 10.5. The standard InChI is InChI=1S/C29H35FN2O9/c1-17-22(12-19-6-8-21(30)9-7-19)25(38-13-20-4-5-20)15-37-14-23(29(35)41-17)32-28(34)26-27(40-16-39-18(2)33)24(36-3)10-11-31-26/h6-11,17,20,22-23,25H,4-5,12-16H2,1-3H3,(H,32,34)/t17-,22-,23-,25-/m0/s1. The van der Waals surface area contributed by atoms with Crippen molar-refractivity contribution in [2.45, 2.75) is 51.4 Å². The molecule has 0 radical (unpaired) electrons. The molecule has 2 fully saturated rings. The number of nitrogens with one attached hydrogen (secondary N) is 1. The molecule has 2 aromatic rings. The molecule has 1 saturated heterocycles. The van der Waals surface area contributed by atoms with E-state index in [1.54, 1.807) is 19.1 Å². The van der Waals surface area contributed by atoms with Gasteiger partial charge in [-0.1, -0.05) is 12.1 Å². The van der Waals surface area contributed by atoms with Crippen molar-refractivity contribution < 1.29 is 47.2 Å². The second-order valence-electron chi connectivity index (χ2n) is 10.1. The molecule has 1 amide bonds.